The molecule has 4 N–H and O–H groups in total. The molecule has 2 unspecified atom stereocenters. The first-order valence-corrected chi connectivity index (χ1v) is 15.1. The van der Waals surface area contributed by atoms with Crippen LogP contribution in [0.1, 0.15) is 47.7 Å². The van der Waals surface area contributed by atoms with Crippen LogP contribution in [0.25, 0.3) is 0 Å². The van der Waals surface area contributed by atoms with Crippen LogP contribution >= 0.6 is 11.6 Å². The van der Waals surface area contributed by atoms with Crippen LogP contribution in [-0.2, 0) is 9.47 Å². The van der Waals surface area contributed by atoms with Gasteiger partial charge in [0.2, 0.25) is 5.95 Å². The van der Waals surface area contributed by atoms with Gasteiger partial charge in [0.1, 0.15) is 17.5 Å². The molecule has 4 heterocycles. The first-order valence-electron chi connectivity index (χ1n) is 14.7. The van der Waals surface area contributed by atoms with Gasteiger partial charge < -0.3 is 30.7 Å². The summed E-state index contributed by atoms with van der Waals surface area (Å²) in [7, 11) is 0. The van der Waals surface area contributed by atoms with Gasteiger partial charge in [-0.2, -0.15) is 0 Å². The van der Waals surface area contributed by atoms with Gasteiger partial charge in [0.25, 0.3) is 0 Å². The minimum atomic E-state index is -0.335. The molecule has 3 aliphatic rings. The van der Waals surface area contributed by atoms with E-state index in [-0.39, 0.29) is 23.8 Å². The summed E-state index contributed by atoms with van der Waals surface area (Å²) in [6.07, 6.45) is 7.38. The maximum absolute atomic E-state index is 14.3. The molecule has 2 aromatic heterocycles. The highest BCUT2D eigenvalue weighted by Crippen LogP contribution is 2.39. The normalized spacial score (nSPS) is 19.9. The van der Waals surface area contributed by atoms with E-state index >= 15 is 0 Å². The summed E-state index contributed by atoms with van der Waals surface area (Å²) >= 11 is 5.77. The fourth-order valence-electron chi connectivity index (χ4n) is 4.96. The summed E-state index contributed by atoms with van der Waals surface area (Å²) in [4.78, 5) is 12.6. The minimum absolute atomic E-state index is 0.0959. The number of nitrogens with one attached hydrogen (secondary N) is 4. The van der Waals surface area contributed by atoms with Gasteiger partial charge in [-0.1, -0.05) is 23.7 Å². The van der Waals surface area contributed by atoms with Crippen molar-refractivity contribution in [3.63, 3.8) is 0 Å². The van der Waals surface area contributed by atoms with Crippen molar-refractivity contribution >= 4 is 34.7 Å². The van der Waals surface area contributed by atoms with Crippen molar-refractivity contribution < 1.29 is 18.3 Å². The van der Waals surface area contributed by atoms with E-state index in [1.165, 1.54) is 31.2 Å². The number of morpholine rings is 2. The number of hydrogen-bond donors (Lipinski definition) is 4. The second-order valence-corrected chi connectivity index (χ2v) is 11.3. The van der Waals surface area contributed by atoms with Gasteiger partial charge in [0.05, 0.1) is 41.8 Å². The van der Waals surface area contributed by atoms with Crippen molar-refractivity contribution in [1.82, 2.24) is 25.6 Å². The van der Waals surface area contributed by atoms with Crippen LogP contribution in [0.5, 0.6) is 0 Å². The predicted octanol–water partition coefficient (Wildman–Crippen LogP) is 6.18. The molecule has 44 heavy (non-hydrogen) atoms. The Morgan fingerprint density at radius 2 is 1.30 bits per heavy atom. The van der Waals surface area contributed by atoms with Crippen LogP contribution in [0.3, 0.4) is 0 Å². The summed E-state index contributed by atoms with van der Waals surface area (Å²) in [6, 6.07) is 13.5. The van der Waals surface area contributed by atoms with Crippen molar-refractivity contribution in [2.75, 3.05) is 50.0 Å². The van der Waals surface area contributed by atoms with E-state index in [1.54, 1.807) is 24.3 Å². The molecule has 4 aromatic rings. The number of pyridine rings is 1. The number of halogens is 3. The number of anilines is 4. The van der Waals surface area contributed by atoms with Crippen LogP contribution in [0.4, 0.5) is 31.9 Å². The van der Waals surface area contributed by atoms with Crippen molar-refractivity contribution in [3.8, 4) is 0 Å². The van der Waals surface area contributed by atoms with Gasteiger partial charge >= 0.3 is 0 Å². The Morgan fingerprint density at radius 1 is 0.705 bits per heavy atom. The summed E-state index contributed by atoms with van der Waals surface area (Å²) in [5.74, 6) is 0.910. The van der Waals surface area contributed by atoms with Gasteiger partial charge in [-0.05, 0) is 71.8 Å². The topological polar surface area (TPSA) is 105 Å². The summed E-state index contributed by atoms with van der Waals surface area (Å²) in [6.45, 7) is 4.37. The van der Waals surface area contributed by atoms with E-state index in [0.29, 0.717) is 60.4 Å². The standard InChI is InChI=1S/C17H19FN4O.C15H15ClFN3O/c18-14-7-12(16-10-19-5-6-23-16)3-4-15(14)22-17-20-8-13(9-21-17)11-1-2-11;16-11-2-4-15(19-8-11)20-13-3-1-10(7-12(13)17)14-9-18-5-6-21-14/h3-4,7-9,11,16,19H,1-2,5-6,10H2,(H,20,21,22);1-4,7-8,14,18H,5-6,9H2,(H,19,20). The number of aromatic nitrogens is 3. The monoisotopic (exact) mass is 621 g/mol. The van der Waals surface area contributed by atoms with Crippen molar-refractivity contribution in [2.45, 2.75) is 31.0 Å². The van der Waals surface area contributed by atoms with Crippen LogP contribution in [0, 0.1) is 11.6 Å². The maximum Gasteiger partial charge on any atom is 0.227 e. The van der Waals surface area contributed by atoms with E-state index < -0.39 is 0 Å². The second-order valence-electron chi connectivity index (χ2n) is 10.8. The van der Waals surface area contributed by atoms with Crippen molar-refractivity contribution in [3.05, 3.63) is 100 Å². The number of nitrogens with zero attached hydrogens (tertiary/aromatic N) is 3. The van der Waals surface area contributed by atoms with Crippen molar-refractivity contribution in [1.29, 1.82) is 0 Å². The molecule has 2 atom stereocenters. The number of hydrogen-bond acceptors (Lipinski definition) is 9. The van der Waals surface area contributed by atoms with Crippen LogP contribution < -0.4 is 21.3 Å². The Labute approximate surface area is 259 Å². The highest BCUT2D eigenvalue weighted by atomic mass is 35.5. The van der Waals surface area contributed by atoms with Gasteiger partial charge in [0, 0.05) is 44.8 Å². The first-order chi connectivity index (χ1) is 21.5. The maximum atomic E-state index is 14.3. The molecule has 3 fully saturated rings. The number of ether oxygens (including phenoxy) is 2. The van der Waals surface area contributed by atoms with Crippen LogP contribution in [-0.4, -0.2) is 54.3 Å². The average molecular weight is 622 g/mol. The summed E-state index contributed by atoms with van der Waals surface area (Å²) in [5, 5.41) is 12.9. The molecule has 2 aliphatic heterocycles. The lowest BCUT2D eigenvalue weighted by Crippen LogP contribution is -2.33. The number of benzene rings is 2. The average Bonchev–Trinajstić information content (AvgIpc) is 3.91. The first kappa shape index (κ1) is 30.3. The fourth-order valence-corrected chi connectivity index (χ4v) is 5.08. The Morgan fingerprint density at radius 3 is 1.77 bits per heavy atom. The molecule has 7 rings (SSSR count). The van der Waals surface area contributed by atoms with Gasteiger partial charge in [0.15, 0.2) is 0 Å². The zero-order valence-electron chi connectivity index (χ0n) is 24.0. The number of rotatable bonds is 7. The molecular weight excluding hydrogens is 588 g/mol. The van der Waals surface area contributed by atoms with Gasteiger partial charge in [-0.25, -0.2) is 23.7 Å². The van der Waals surface area contributed by atoms with Crippen LogP contribution in [0.15, 0.2) is 67.1 Å². The SMILES string of the molecule is Fc1cc(C2CNCCO2)ccc1Nc1ccc(Cl)cn1.Fc1cc(C2CNCCO2)ccc1Nc1ncc(C2CC2)cn1. The largest absolute Gasteiger partial charge is 0.371 e. The minimum Gasteiger partial charge on any atom is -0.371 e. The fraction of sp³-hybridized carbons (Fsp3) is 0.344. The highest BCUT2D eigenvalue weighted by Gasteiger charge is 2.24. The zero-order valence-corrected chi connectivity index (χ0v) is 24.8. The van der Waals surface area contributed by atoms with E-state index in [9.17, 15) is 8.78 Å². The summed E-state index contributed by atoms with van der Waals surface area (Å²) in [5.41, 5.74) is 3.57. The molecular formula is C32H34ClF2N7O2. The third kappa shape index (κ3) is 8.04. The quantitative estimate of drug-likeness (QED) is 0.193. The molecule has 0 bridgehead atoms. The molecule has 0 radical (unpaired) electrons. The van der Waals surface area contributed by atoms with E-state index in [1.807, 2.05) is 24.5 Å². The van der Waals surface area contributed by atoms with Gasteiger partial charge in [-0.3, -0.25) is 0 Å². The molecule has 230 valence electrons. The third-order valence-corrected chi connectivity index (χ3v) is 7.77. The Kier molecular flexibility index (Phi) is 9.89. The molecule has 9 nitrogen and oxygen atoms in total. The zero-order chi connectivity index (χ0) is 30.3. The lowest BCUT2D eigenvalue weighted by Gasteiger charge is -2.24. The molecule has 1 aliphatic carbocycles. The molecule has 0 amide bonds. The van der Waals surface area contributed by atoms with Crippen LogP contribution in [0.2, 0.25) is 5.02 Å². The lowest BCUT2D eigenvalue weighted by molar-refractivity contribution is 0.0275. The lowest BCUT2D eigenvalue weighted by atomic mass is 10.1. The van der Waals surface area contributed by atoms with Crippen molar-refractivity contribution in [2.24, 2.45) is 0 Å². The Balaban J connectivity index is 0.000000157. The highest BCUT2D eigenvalue weighted by molar-refractivity contribution is 6.30. The summed E-state index contributed by atoms with van der Waals surface area (Å²) < 4.78 is 39.8. The molecule has 2 aromatic carbocycles. The van der Waals surface area contributed by atoms with E-state index in [4.69, 9.17) is 21.1 Å². The Hall–Kier alpha value is -3.74. The smallest absolute Gasteiger partial charge is 0.227 e. The molecule has 2 saturated heterocycles. The molecule has 1 saturated carbocycles. The van der Waals surface area contributed by atoms with Gasteiger partial charge in [-0.15, -0.1) is 0 Å². The molecule has 0 spiro atoms. The Bertz CT molecular complexity index is 1530. The second kappa shape index (κ2) is 14.4. The third-order valence-electron chi connectivity index (χ3n) is 7.54. The molecule has 12 heteroatoms. The van der Waals surface area contributed by atoms with E-state index in [2.05, 4.69) is 36.2 Å². The van der Waals surface area contributed by atoms with E-state index in [0.717, 1.165) is 29.8 Å². The predicted molar refractivity (Wildman–Crippen MR) is 166 cm³/mol.